The third-order valence-corrected chi connectivity index (χ3v) is 15.3. The first-order valence-corrected chi connectivity index (χ1v) is 27.6. The Hall–Kier alpha value is -8.86. The van der Waals surface area contributed by atoms with Gasteiger partial charge in [-0.15, -0.1) is 0 Å². The molecule has 0 unspecified atom stereocenters. The number of hydrogen-bond acceptors (Lipinski definition) is 4. The molecule has 0 saturated carbocycles. The summed E-state index contributed by atoms with van der Waals surface area (Å²) < 4.78 is 26.4. The van der Waals surface area contributed by atoms with Crippen LogP contribution in [0.15, 0.2) is 196 Å². The van der Waals surface area contributed by atoms with E-state index in [0.717, 1.165) is 112 Å². The second-order valence-corrected chi connectivity index (χ2v) is 21.4. The Balaban J connectivity index is 1.10. The van der Waals surface area contributed by atoms with Gasteiger partial charge in [-0.3, -0.25) is 0 Å². The predicted octanol–water partition coefficient (Wildman–Crippen LogP) is 19.4. The summed E-state index contributed by atoms with van der Waals surface area (Å²) in [4.78, 5) is 0. The van der Waals surface area contributed by atoms with Crippen LogP contribution in [0.1, 0.15) is 134 Å². The van der Waals surface area contributed by atoms with Gasteiger partial charge in [-0.1, -0.05) is 220 Å². The average molecular weight is 1050 g/mol. The zero-order valence-electron chi connectivity index (χ0n) is 47.9. The maximum absolute atomic E-state index is 6.59. The highest BCUT2D eigenvalue weighted by Crippen LogP contribution is 2.43. The van der Waals surface area contributed by atoms with E-state index in [9.17, 15) is 0 Å². The monoisotopic (exact) mass is 1050 g/mol. The van der Waals surface area contributed by atoms with Crippen LogP contribution in [-0.2, 0) is 26.4 Å². The molecule has 0 fully saturated rings. The van der Waals surface area contributed by atoms with Crippen molar-refractivity contribution in [1.29, 1.82) is 0 Å². The Morgan fingerprint density at radius 2 is 0.438 bits per heavy atom. The van der Waals surface area contributed by atoms with Crippen LogP contribution < -0.4 is 18.9 Å². The van der Waals surface area contributed by atoms with Gasteiger partial charge in [0, 0.05) is 11.8 Å². The van der Waals surface area contributed by atoms with Crippen LogP contribution >= 0.6 is 0 Å². The molecule has 0 radical (unpaired) electrons. The molecule has 0 saturated heterocycles. The van der Waals surface area contributed by atoms with Crippen LogP contribution in [0.3, 0.4) is 0 Å². The molecule has 0 aromatic heterocycles. The van der Waals surface area contributed by atoms with Gasteiger partial charge < -0.3 is 18.9 Å². The Morgan fingerprint density at radius 3 is 0.600 bits per heavy atom. The third-order valence-electron chi connectivity index (χ3n) is 15.3. The molecule has 0 heterocycles. The number of rotatable bonds is 22. The lowest BCUT2D eigenvalue weighted by Gasteiger charge is -2.26. The molecule has 80 heavy (non-hydrogen) atoms. The van der Waals surface area contributed by atoms with Crippen LogP contribution in [0, 0.1) is 55.4 Å². The van der Waals surface area contributed by atoms with Crippen molar-refractivity contribution >= 4 is 24.3 Å². The molecule has 0 N–H and O–H groups in total. The largest absolute Gasteiger partial charge is 0.488 e. The van der Waals surface area contributed by atoms with E-state index < -0.39 is 0 Å². The molecule has 4 nitrogen and oxygen atoms in total. The summed E-state index contributed by atoms with van der Waals surface area (Å²) in [6.07, 6.45) is 7.44. The molecule has 0 spiro atoms. The topological polar surface area (TPSA) is 36.9 Å². The Morgan fingerprint density at radius 1 is 0.263 bits per heavy atom. The highest BCUT2D eigenvalue weighted by Gasteiger charge is 2.25. The molecular weight excluding hydrogens is 977 g/mol. The van der Waals surface area contributed by atoms with Crippen molar-refractivity contribution in [2.24, 2.45) is 0 Å². The van der Waals surface area contributed by atoms with Crippen LogP contribution in [0.2, 0.25) is 0 Å². The SMILES string of the molecule is C=Cc1ccc(COc2c(C)cc(C(c3ccc(C(c4cc(C)c(OCc5ccc(C=C)cc5)c(C)c4)c4cc(C)c(OCc5ccc(C=C)cc5)c(C)c4)cc3)c3cc(C)c(OCc4ccc(C=C)cc4)c(C)c3)cc2C)cc1. The first-order valence-electron chi connectivity index (χ1n) is 27.6. The van der Waals surface area contributed by atoms with Gasteiger partial charge in [0.1, 0.15) is 49.4 Å². The van der Waals surface area contributed by atoms with E-state index >= 15 is 0 Å². The molecule has 9 aromatic carbocycles. The minimum Gasteiger partial charge on any atom is -0.488 e. The van der Waals surface area contributed by atoms with Gasteiger partial charge >= 0.3 is 0 Å². The summed E-state index contributed by atoms with van der Waals surface area (Å²) in [5, 5.41) is 0. The fourth-order valence-corrected chi connectivity index (χ4v) is 11.2. The Labute approximate surface area is 476 Å². The fourth-order valence-electron chi connectivity index (χ4n) is 11.2. The van der Waals surface area contributed by atoms with Crippen molar-refractivity contribution in [2.45, 2.75) is 93.7 Å². The van der Waals surface area contributed by atoms with E-state index in [4.69, 9.17) is 18.9 Å². The summed E-state index contributed by atoms with van der Waals surface area (Å²) in [5.41, 5.74) is 24.7. The first-order chi connectivity index (χ1) is 38.7. The second-order valence-electron chi connectivity index (χ2n) is 21.4. The van der Waals surface area contributed by atoms with Crippen LogP contribution in [0.25, 0.3) is 24.3 Å². The molecule has 0 aliphatic heterocycles. The lowest BCUT2D eigenvalue weighted by Crippen LogP contribution is -2.10. The highest BCUT2D eigenvalue weighted by atomic mass is 16.5. The number of benzene rings is 9. The van der Waals surface area contributed by atoms with Crippen molar-refractivity contribution < 1.29 is 18.9 Å². The smallest absolute Gasteiger partial charge is 0.125 e. The fraction of sp³-hybridized carbons (Fsp3) is 0.184. The van der Waals surface area contributed by atoms with Crippen molar-refractivity contribution in [3.8, 4) is 23.0 Å². The van der Waals surface area contributed by atoms with Gasteiger partial charge in [0.15, 0.2) is 0 Å². The van der Waals surface area contributed by atoms with E-state index in [1.54, 1.807) is 0 Å². The normalized spacial score (nSPS) is 11.1. The molecule has 0 atom stereocenters. The number of ether oxygens (including phenoxy) is 4. The number of aryl methyl sites for hydroxylation is 8. The zero-order valence-corrected chi connectivity index (χ0v) is 47.9. The van der Waals surface area contributed by atoms with E-state index in [1.165, 1.54) is 33.4 Å². The molecular formula is C76H74O4. The van der Waals surface area contributed by atoms with Crippen molar-refractivity contribution in [3.63, 3.8) is 0 Å². The van der Waals surface area contributed by atoms with Crippen LogP contribution in [0.4, 0.5) is 0 Å². The molecule has 402 valence electrons. The molecule has 0 amide bonds. The highest BCUT2D eigenvalue weighted by molar-refractivity contribution is 5.58. The van der Waals surface area contributed by atoms with Gasteiger partial charge in [-0.2, -0.15) is 0 Å². The van der Waals surface area contributed by atoms with E-state index in [2.05, 4.69) is 252 Å². The Kier molecular flexibility index (Phi) is 17.7. The lowest BCUT2D eigenvalue weighted by atomic mass is 9.79. The summed E-state index contributed by atoms with van der Waals surface area (Å²) >= 11 is 0. The van der Waals surface area contributed by atoms with E-state index in [1.807, 2.05) is 24.3 Å². The number of hydrogen-bond donors (Lipinski definition) is 0. The maximum Gasteiger partial charge on any atom is 0.125 e. The first kappa shape index (κ1) is 55.9. The molecule has 4 heteroatoms. The predicted molar refractivity (Wildman–Crippen MR) is 335 cm³/mol. The van der Waals surface area contributed by atoms with Gasteiger partial charge in [-0.25, -0.2) is 0 Å². The van der Waals surface area contributed by atoms with Crippen molar-refractivity contribution in [2.75, 3.05) is 0 Å². The Bertz CT molecular complexity index is 3110. The summed E-state index contributed by atoms with van der Waals surface area (Å²) in [6.45, 7) is 34.8. The second kappa shape index (κ2) is 25.3. The quantitative estimate of drug-likeness (QED) is 0.0634. The minimum atomic E-state index is -0.0962. The summed E-state index contributed by atoms with van der Waals surface area (Å²) in [7, 11) is 0. The van der Waals surface area contributed by atoms with Gasteiger partial charge in [-0.05, 0) is 178 Å². The van der Waals surface area contributed by atoms with Gasteiger partial charge in [0.2, 0.25) is 0 Å². The van der Waals surface area contributed by atoms with Crippen molar-refractivity contribution in [1.82, 2.24) is 0 Å². The molecule has 0 aliphatic carbocycles. The summed E-state index contributed by atoms with van der Waals surface area (Å²) in [6, 6.07) is 61.3. The van der Waals surface area contributed by atoms with Gasteiger partial charge in [0.05, 0.1) is 0 Å². The maximum atomic E-state index is 6.59. The standard InChI is InChI=1S/C76H74O4/c1-13-57-17-25-61(26-18-57)45-77-73-49(5)37-67(38-50(73)6)71(68-39-51(7)74(52(8)40-68)78-46-62-27-19-58(14-2)20-28-62)65-33-35-66(36-34-65)72(69-41-53(9)75(54(10)42-69)79-47-63-29-21-59(15-3)22-30-63)70-43-55(11)76(56(12)44-70)80-48-64-31-23-60(16-4)24-32-64/h13-44,71-72H,1-4,45-48H2,5-12H3. The third kappa shape index (κ3) is 13.0. The minimum absolute atomic E-state index is 0.0962. The summed E-state index contributed by atoms with van der Waals surface area (Å²) in [5.74, 6) is 3.43. The molecule has 0 bridgehead atoms. The van der Waals surface area contributed by atoms with E-state index in [-0.39, 0.29) is 11.8 Å². The van der Waals surface area contributed by atoms with Gasteiger partial charge in [0.25, 0.3) is 0 Å². The van der Waals surface area contributed by atoms with Crippen LogP contribution in [0.5, 0.6) is 23.0 Å². The lowest BCUT2D eigenvalue weighted by molar-refractivity contribution is 0.301. The molecule has 9 rings (SSSR count). The average Bonchev–Trinajstić information content (AvgIpc) is 3.47. The molecule has 9 aromatic rings. The van der Waals surface area contributed by atoms with E-state index in [0.29, 0.717) is 26.4 Å². The van der Waals surface area contributed by atoms with Crippen molar-refractivity contribution in [3.05, 3.63) is 319 Å². The molecule has 0 aliphatic rings. The zero-order chi connectivity index (χ0) is 56.5. The van der Waals surface area contributed by atoms with Crippen LogP contribution in [-0.4, -0.2) is 0 Å².